The summed E-state index contributed by atoms with van der Waals surface area (Å²) in [6, 6.07) is 1.11. The molecule has 0 amide bonds. The van der Waals surface area contributed by atoms with E-state index < -0.39 is 31.5 Å². The number of hydrogen-bond acceptors (Lipinski definition) is 10. The molecule has 0 N–H and O–H groups in total. The van der Waals surface area contributed by atoms with Crippen LogP contribution in [0.4, 0.5) is 0 Å². The lowest BCUT2D eigenvalue weighted by Crippen LogP contribution is -2.57. The van der Waals surface area contributed by atoms with Crippen LogP contribution in [0.3, 0.4) is 0 Å². The van der Waals surface area contributed by atoms with Gasteiger partial charge < -0.3 is 18.9 Å². The van der Waals surface area contributed by atoms with Gasteiger partial charge in [0.1, 0.15) is 19.2 Å². The third-order valence-corrected chi connectivity index (χ3v) is 16.7. The van der Waals surface area contributed by atoms with Crippen LogP contribution in [0.2, 0.25) is 12.1 Å². The highest BCUT2D eigenvalue weighted by molar-refractivity contribution is 8.21. The quantitative estimate of drug-likeness (QED) is 0.0519. The average Bonchev–Trinajstić information content (AvgIpc) is 2.89. The number of nitrogens with zero attached hydrogens (tertiary/aromatic N) is 2. The van der Waals surface area contributed by atoms with Gasteiger partial charge in [-0.15, -0.1) is 0 Å². The summed E-state index contributed by atoms with van der Waals surface area (Å²) in [4.78, 5) is 31.7. The number of rotatable bonds is 24. The number of ether oxygens (including phenoxy) is 4. The topological polar surface area (TPSA) is 77.5 Å². The van der Waals surface area contributed by atoms with E-state index in [1.807, 2.05) is 34.6 Å². The highest BCUT2D eigenvalue weighted by Gasteiger charge is 2.50. The maximum atomic E-state index is 13.7. The molecule has 0 aliphatic carbocycles. The van der Waals surface area contributed by atoms with E-state index in [2.05, 4.69) is 37.5 Å². The van der Waals surface area contributed by atoms with Gasteiger partial charge >= 0.3 is 0 Å². The SMILES string of the molecule is CCC[Si](S)(COCOC(C)N(CC)CC)C(=O)C(=O)[Si](S)(CCC)COC(CC)OC(C)N(CC)CC. The van der Waals surface area contributed by atoms with Crippen LogP contribution < -0.4 is 0 Å². The van der Waals surface area contributed by atoms with Crippen molar-refractivity contribution < 1.29 is 28.5 Å². The molecule has 5 atom stereocenters. The fourth-order valence-electron chi connectivity index (χ4n) is 4.48. The molecule has 5 unspecified atom stereocenters. The van der Waals surface area contributed by atoms with Crippen LogP contribution in [0.1, 0.15) is 81.6 Å². The number of hydrogen-bond donors (Lipinski definition) is 2. The highest BCUT2D eigenvalue weighted by Crippen LogP contribution is 2.27. The minimum atomic E-state index is -3.04. The Labute approximate surface area is 245 Å². The maximum absolute atomic E-state index is 13.7. The molecule has 0 aliphatic heterocycles. The van der Waals surface area contributed by atoms with Crippen LogP contribution in [-0.4, -0.2) is 99.2 Å². The monoisotopic (exact) mass is 612 g/mol. The molecule has 0 spiro atoms. The Kier molecular flexibility index (Phi) is 20.3. The van der Waals surface area contributed by atoms with Crippen molar-refractivity contribution in [3.8, 4) is 0 Å². The lowest BCUT2D eigenvalue weighted by atomic mass is 10.4. The molecule has 0 aromatic rings. The predicted molar refractivity (Wildman–Crippen MR) is 167 cm³/mol. The minimum absolute atomic E-state index is 0.0555. The standard InChI is InChI=1S/C26H56N2O6S2Si2/c1-10-17-37(35,20-31-19-32-22(8)27(13-4)14-5)25(29)26(30)38(36,18-11-2)21-33-24(12-3)34-23(9)28(15-6)16-7/h22-24,35-36H,10-21H2,1-9H3. The van der Waals surface area contributed by atoms with Crippen LogP contribution in [0, 0.1) is 0 Å². The smallest absolute Gasteiger partial charge is 0.224 e. The Bertz CT molecular complexity index is 676. The second-order valence-corrected chi connectivity index (χ2v) is 21.5. The summed E-state index contributed by atoms with van der Waals surface area (Å²) in [6.07, 6.45) is 1.72. The second kappa shape index (κ2) is 20.2. The molecule has 0 radical (unpaired) electrons. The Balaban J connectivity index is 5.41. The molecule has 226 valence electrons. The van der Waals surface area contributed by atoms with E-state index in [0.717, 1.165) is 39.0 Å². The van der Waals surface area contributed by atoms with E-state index in [-0.39, 0.29) is 31.7 Å². The summed E-state index contributed by atoms with van der Waals surface area (Å²) >= 11 is 9.74. The van der Waals surface area contributed by atoms with Gasteiger partial charge in [-0.25, -0.2) is 0 Å². The van der Waals surface area contributed by atoms with Crippen molar-refractivity contribution in [1.82, 2.24) is 9.80 Å². The summed E-state index contributed by atoms with van der Waals surface area (Å²) in [5.74, 6) is 0. The first-order chi connectivity index (χ1) is 17.9. The Morgan fingerprint density at radius 1 is 0.711 bits per heavy atom. The lowest BCUT2D eigenvalue weighted by Gasteiger charge is -2.33. The molecule has 0 rings (SSSR count). The zero-order chi connectivity index (χ0) is 29.4. The van der Waals surface area contributed by atoms with Crippen LogP contribution in [0.25, 0.3) is 0 Å². The zero-order valence-electron chi connectivity index (χ0n) is 25.5. The van der Waals surface area contributed by atoms with Gasteiger partial charge in [0.2, 0.25) is 14.4 Å². The van der Waals surface area contributed by atoms with E-state index in [0.29, 0.717) is 18.5 Å². The molecular formula is C26H56N2O6S2Si2. The summed E-state index contributed by atoms with van der Waals surface area (Å²) in [7, 11) is -6.04. The minimum Gasteiger partial charge on any atom is -0.357 e. The van der Waals surface area contributed by atoms with Crippen molar-refractivity contribution in [2.45, 2.75) is 112 Å². The normalized spacial score (nSPS) is 17.7. The van der Waals surface area contributed by atoms with Crippen LogP contribution in [0.15, 0.2) is 0 Å². The molecule has 0 saturated carbocycles. The number of carbonyl (C=O) groups is 2. The third-order valence-electron chi connectivity index (χ3n) is 6.96. The van der Waals surface area contributed by atoms with Gasteiger partial charge in [-0.1, -0.05) is 61.3 Å². The fourth-order valence-corrected chi connectivity index (χ4v) is 13.4. The summed E-state index contributed by atoms with van der Waals surface area (Å²) in [6.45, 7) is 21.8. The predicted octanol–water partition coefficient (Wildman–Crippen LogP) is 4.99. The fraction of sp³-hybridized carbons (Fsp3) is 0.923. The van der Waals surface area contributed by atoms with E-state index in [1.54, 1.807) is 0 Å². The maximum Gasteiger partial charge on any atom is 0.224 e. The molecule has 0 aliphatic rings. The first-order valence-corrected chi connectivity index (χ1v) is 21.8. The van der Waals surface area contributed by atoms with Gasteiger partial charge in [0.05, 0.1) is 12.5 Å². The van der Waals surface area contributed by atoms with Crippen molar-refractivity contribution in [1.29, 1.82) is 0 Å². The molecule has 8 nitrogen and oxygen atoms in total. The third kappa shape index (κ3) is 12.4. The molecule has 0 saturated heterocycles. The molecule has 0 aromatic carbocycles. The van der Waals surface area contributed by atoms with Crippen molar-refractivity contribution >= 4 is 49.4 Å². The van der Waals surface area contributed by atoms with Crippen LogP contribution in [0.5, 0.6) is 0 Å². The van der Waals surface area contributed by atoms with Crippen molar-refractivity contribution in [2.75, 3.05) is 45.4 Å². The van der Waals surface area contributed by atoms with E-state index in [4.69, 9.17) is 43.1 Å². The van der Waals surface area contributed by atoms with Gasteiger partial charge in [-0.3, -0.25) is 19.4 Å². The number of thiol groups is 2. The van der Waals surface area contributed by atoms with Gasteiger partial charge in [-0.05, 0) is 58.5 Å². The van der Waals surface area contributed by atoms with Crippen molar-refractivity contribution in [3.05, 3.63) is 0 Å². The van der Waals surface area contributed by atoms with E-state index in [1.165, 1.54) is 0 Å². The van der Waals surface area contributed by atoms with Crippen molar-refractivity contribution in [3.63, 3.8) is 0 Å². The van der Waals surface area contributed by atoms with Crippen LogP contribution in [-0.2, 0) is 28.5 Å². The molecule has 0 aromatic heterocycles. The molecule has 0 bridgehead atoms. The largest absolute Gasteiger partial charge is 0.357 e. The van der Waals surface area contributed by atoms with Gasteiger partial charge in [-0.2, -0.15) is 24.2 Å². The van der Waals surface area contributed by atoms with E-state index in [9.17, 15) is 9.59 Å². The Morgan fingerprint density at radius 3 is 1.58 bits per heavy atom. The molecule has 12 heteroatoms. The van der Waals surface area contributed by atoms with Gasteiger partial charge in [0, 0.05) is 0 Å². The lowest BCUT2D eigenvalue weighted by molar-refractivity contribution is -0.194. The molecular weight excluding hydrogens is 557 g/mol. The Hall–Kier alpha value is 0.234. The zero-order valence-corrected chi connectivity index (χ0v) is 29.2. The summed E-state index contributed by atoms with van der Waals surface area (Å²) < 4.78 is 23.9. The number of carbonyl (C=O) groups excluding carboxylic acids is 2. The Morgan fingerprint density at radius 2 is 1.16 bits per heavy atom. The first-order valence-electron chi connectivity index (χ1n) is 14.4. The first kappa shape index (κ1) is 38.2. The summed E-state index contributed by atoms with van der Waals surface area (Å²) in [5.41, 5.74) is 0. The highest BCUT2D eigenvalue weighted by atomic mass is 32.3. The molecule has 38 heavy (non-hydrogen) atoms. The average molecular weight is 613 g/mol. The molecule has 0 fully saturated rings. The van der Waals surface area contributed by atoms with E-state index >= 15 is 0 Å². The molecule has 0 heterocycles. The van der Waals surface area contributed by atoms with Gasteiger partial charge in [0.25, 0.3) is 0 Å². The van der Waals surface area contributed by atoms with Crippen LogP contribution >= 0.6 is 24.2 Å². The van der Waals surface area contributed by atoms with Gasteiger partial charge in [0.15, 0.2) is 17.1 Å². The second-order valence-electron chi connectivity index (χ2n) is 9.78. The van der Waals surface area contributed by atoms with Crippen molar-refractivity contribution in [2.24, 2.45) is 0 Å². The summed E-state index contributed by atoms with van der Waals surface area (Å²) in [5, 5.41) is -0.797.